The first kappa shape index (κ1) is 22.2. The summed E-state index contributed by atoms with van der Waals surface area (Å²) < 4.78 is 31.6. The number of methoxy groups -OCH3 is 1. The third kappa shape index (κ3) is 6.49. The number of hydrogen-bond acceptors (Lipinski definition) is 5. The topological polar surface area (TPSA) is 65.1 Å². The third-order valence-electron chi connectivity index (χ3n) is 4.02. The molecule has 1 heterocycles. The fourth-order valence-corrected chi connectivity index (χ4v) is 4.10. The second kappa shape index (κ2) is 11.7. The van der Waals surface area contributed by atoms with Crippen molar-refractivity contribution < 1.29 is 27.9 Å². The highest BCUT2D eigenvalue weighted by Crippen LogP contribution is 2.24. The minimum atomic E-state index is -1.51. The molecule has 1 unspecified atom stereocenters. The van der Waals surface area contributed by atoms with Crippen LogP contribution in [0.1, 0.15) is 18.4 Å². The van der Waals surface area contributed by atoms with Crippen LogP contribution in [0.3, 0.4) is 0 Å². The molecule has 2 aromatic carbocycles. The molecule has 0 N–H and O–H groups in total. The van der Waals surface area contributed by atoms with Crippen molar-refractivity contribution in [3.63, 3.8) is 0 Å². The molecule has 0 amide bonds. The van der Waals surface area contributed by atoms with Crippen molar-refractivity contribution in [2.45, 2.75) is 30.4 Å². The van der Waals surface area contributed by atoms with E-state index in [1.165, 1.54) is 41.2 Å². The van der Waals surface area contributed by atoms with Crippen molar-refractivity contribution in [3.8, 4) is 0 Å². The van der Waals surface area contributed by atoms with Gasteiger partial charge in [0.05, 0.1) is 18.6 Å². The molecule has 2 aromatic rings. The van der Waals surface area contributed by atoms with Crippen molar-refractivity contribution in [2.24, 2.45) is 0 Å². The Balaban J connectivity index is 0.000000261. The summed E-state index contributed by atoms with van der Waals surface area (Å²) in [5.41, 5.74) is 1.22. The number of rotatable bonds is 6. The standard InChI is InChI=1S/C12H14FNO4S.C8H10O/c1-17-18-12(15)11-3-2-8-14(11)19(16)10-6-4-9(13)5-7-10;1-9-7-8-5-3-2-4-6-8/h4-7,11H,2-3,8H2,1H3;2-6H,7H2,1H3/t11-,19?;/m0./s1. The fourth-order valence-electron chi connectivity index (χ4n) is 2.74. The summed E-state index contributed by atoms with van der Waals surface area (Å²) in [6.45, 7) is 1.23. The summed E-state index contributed by atoms with van der Waals surface area (Å²) >= 11 is 0. The number of nitrogens with zero attached hydrogens (tertiary/aromatic N) is 1. The van der Waals surface area contributed by atoms with E-state index in [1.54, 1.807) is 7.11 Å². The molecule has 1 fully saturated rings. The van der Waals surface area contributed by atoms with E-state index in [9.17, 15) is 13.4 Å². The van der Waals surface area contributed by atoms with Crippen molar-refractivity contribution in [2.75, 3.05) is 20.8 Å². The molecular weight excluding hydrogens is 385 g/mol. The molecule has 152 valence electrons. The zero-order chi connectivity index (χ0) is 20.4. The van der Waals surface area contributed by atoms with Crippen LogP contribution in [0.2, 0.25) is 0 Å². The van der Waals surface area contributed by atoms with Gasteiger partial charge in [-0.1, -0.05) is 30.3 Å². The Labute approximate surface area is 166 Å². The van der Waals surface area contributed by atoms with Crippen molar-refractivity contribution in [1.82, 2.24) is 4.31 Å². The molecule has 0 radical (unpaired) electrons. The van der Waals surface area contributed by atoms with E-state index in [0.29, 0.717) is 24.5 Å². The van der Waals surface area contributed by atoms with Crippen LogP contribution in [0, 0.1) is 5.82 Å². The highest BCUT2D eigenvalue weighted by atomic mass is 32.2. The fraction of sp³-hybridized carbons (Fsp3) is 0.350. The number of carbonyl (C=O) groups is 1. The maximum Gasteiger partial charge on any atom is 0.360 e. The molecule has 2 atom stereocenters. The summed E-state index contributed by atoms with van der Waals surface area (Å²) in [5.74, 6) is -0.951. The first-order valence-electron chi connectivity index (χ1n) is 8.78. The predicted molar refractivity (Wildman–Crippen MR) is 103 cm³/mol. The van der Waals surface area contributed by atoms with E-state index in [1.807, 2.05) is 30.3 Å². The van der Waals surface area contributed by atoms with Crippen LogP contribution in [-0.4, -0.2) is 41.3 Å². The van der Waals surface area contributed by atoms with E-state index in [0.717, 1.165) is 6.42 Å². The first-order valence-corrected chi connectivity index (χ1v) is 9.89. The van der Waals surface area contributed by atoms with Gasteiger partial charge in [-0.15, -0.1) is 0 Å². The molecule has 28 heavy (non-hydrogen) atoms. The smallest absolute Gasteiger partial charge is 0.360 e. The maximum absolute atomic E-state index is 12.8. The Morgan fingerprint density at radius 2 is 1.82 bits per heavy atom. The van der Waals surface area contributed by atoms with Crippen LogP contribution in [0.5, 0.6) is 0 Å². The minimum absolute atomic E-state index is 0.391. The molecule has 0 aliphatic carbocycles. The lowest BCUT2D eigenvalue weighted by molar-refractivity contribution is -0.257. The number of hydrogen-bond donors (Lipinski definition) is 0. The molecule has 3 rings (SSSR count). The summed E-state index contributed by atoms with van der Waals surface area (Å²) in [5, 5.41) is 0. The van der Waals surface area contributed by atoms with Crippen LogP contribution >= 0.6 is 0 Å². The van der Waals surface area contributed by atoms with Gasteiger partial charge in [-0.3, -0.25) is 4.89 Å². The van der Waals surface area contributed by atoms with Crippen molar-refractivity contribution in [1.29, 1.82) is 0 Å². The Kier molecular flexibility index (Phi) is 9.22. The number of benzene rings is 2. The largest absolute Gasteiger partial charge is 0.380 e. The highest BCUT2D eigenvalue weighted by molar-refractivity contribution is 7.82. The second-order valence-corrected chi connectivity index (χ2v) is 7.43. The SMILES string of the molecule is COCc1ccccc1.COOC(=O)[C@@H]1CCCN1S(=O)c1ccc(F)cc1. The molecular formula is C20H24FNO5S. The molecule has 0 spiro atoms. The summed E-state index contributed by atoms with van der Waals surface area (Å²) in [7, 11) is 1.43. The van der Waals surface area contributed by atoms with Gasteiger partial charge >= 0.3 is 5.97 Å². The third-order valence-corrected chi connectivity index (χ3v) is 5.56. The Bertz CT molecular complexity index is 757. The van der Waals surface area contributed by atoms with Gasteiger partial charge in [0.2, 0.25) is 0 Å². The molecule has 0 aromatic heterocycles. The predicted octanol–water partition coefficient (Wildman–Crippen LogP) is 3.25. The molecule has 1 saturated heterocycles. The van der Waals surface area contributed by atoms with Gasteiger partial charge in [0.1, 0.15) is 22.8 Å². The van der Waals surface area contributed by atoms with Gasteiger partial charge < -0.3 is 4.74 Å². The van der Waals surface area contributed by atoms with Gasteiger partial charge in [0.25, 0.3) is 0 Å². The van der Waals surface area contributed by atoms with E-state index < -0.39 is 28.8 Å². The number of carbonyl (C=O) groups excluding carboxylic acids is 1. The molecule has 8 heteroatoms. The number of ether oxygens (including phenoxy) is 1. The molecule has 1 aliphatic heterocycles. The summed E-state index contributed by atoms with van der Waals surface area (Å²) in [4.78, 5) is 20.9. The number of halogens is 1. The van der Waals surface area contributed by atoms with Crippen LogP contribution < -0.4 is 0 Å². The summed E-state index contributed by atoms with van der Waals surface area (Å²) in [6.07, 6.45) is 1.31. The second-order valence-electron chi connectivity index (χ2n) is 5.99. The zero-order valence-corrected chi connectivity index (χ0v) is 16.7. The van der Waals surface area contributed by atoms with Crippen LogP contribution in [0.25, 0.3) is 0 Å². The van der Waals surface area contributed by atoms with Gasteiger partial charge in [-0.2, -0.15) is 4.89 Å². The average Bonchev–Trinajstić information content (AvgIpc) is 3.20. The van der Waals surface area contributed by atoms with Crippen LogP contribution in [-0.2, 0) is 36.9 Å². The normalized spacial score (nSPS) is 17.5. The van der Waals surface area contributed by atoms with E-state index in [-0.39, 0.29) is 0 Å². The molecule has 6 nitrogen and oxygen atoms in total. The lowest BCUT2D eigenvalue weighted by Gasteiger charge is -2.20. The summed E-state index contributed by atoms with van der Waals surface area (Å²) in [6, 6.07) is 14.9. The van der Waals surface area contributed by atoms with E-state index in [4.69, 9.17) is 4.74 Å². The average molecular weight is 409 g/mol. The Morgan fingerprint density at radius 3 is 2.43 bits per heavy atom. The molecule has 0 saturated carbocycles. The van der Waals surface area contributed by atoms with Crippen LogP contribution in [0.15, 0.2) is 59.5 Å². The Hall–Kier alpha value is -2.13. The lowest BCUT2D eigenvalue weighted by Crippen LogP contribution is -2.38. The van der Waals surface area contributed by atoms with Crippen LogP contribution in [0.4, 0.5) is 4.39 Å². The first-order chi connectivity index (χ1) is 13.6. The molecule has 0 bridgehead atoms. The molecule has 1 aliphatic rings. The minimum Gasteiger partial charge on any atom is -0.380 e. The van der Waals surface area contributed by atoms with Gasteiger partial charge in [-0.05, 0) is 42.7 Å². The zero-order valence-electron chi connectivity index (χ0n) is 15.9. The monoisotopic (exact) mass is 409 g/mol. The van der Waals surface area contributed by atoms with Crippen molar-refractivity contribution in [3.05, 3.63) is 66.0 Å². The van der Waals surface area contributed by atoms with Crippen molar-refractivity contribution >= 4 is 17.0 Å². The Morgan fingerprint density at radius 1 is 1.14 bits per heavy atom. The lowest BCUT2D eigenvalue weighted by atomic mass is 10.2. The highest BCUT2D eigenvalue weighted by Gasteiger charge is 2.36. The van der Waals surface area contributed by atoms with Gasteiger partial charge in [0, 0.05) is 13.7 Å². The maximum atomic E-state index is 12.8. The quantitative estimate of drug-likeness (QED) is 0.541. The van der Waals surface area contributed by atoms with E-state index >= 15 is 0 Å². The van der Waals surface area contributed by atoms with Gasteiger partial charge in [-0.25, -0.2) is 17.7 Å². The van der Waals surface area contributed by atoms with Gasteiger partial charge in [0.15, 0.2) is 0 Å². The van der Waals surface area contributed by atoms with E-state index in [2.05, 4.69) is 9.78 Å².